The van der Waals surface area contributed by atoms with Crippen molar-refractivity contribution in [3.05, 3.63) is 23.7 Å². The van der Waals surface area contributed by atoms with Crippen LogP contribution in [0, 0.1) is 0 Å². The molecule has 19 heavy (non-hydrogen) atoms. The Bertz CT molecular complexity index is 369. The maximum atomic E-state index is 11.9. The van der Waals surface area contributed by atoms with Crippen LogP contribution >= 0.6 is 12.4 Å². The summed E-state index contributed by atoms with van der Waals surface area (Å²) in [6, 6.07) is 3.40. The Morgan fingerprint density at radius 3 is 2.84 bits per heavy atom. The molecule has 0 aromatic carbocycles. The molecule has 6 heteroatoms. The molecular formula is C13H23ClN2O3. The summed E-state index contributed by atoms with van der Waals surface area (Å²) in [5, 5.41) is 2.87. The summed E-state index contributed by atoms with van der Waals surface area (Å²) in [5.41, 5.74) is 5.63. The average Bonchev–Trinajstić information content (AvgIpc) is 2.83. The number of nitrogens with one attached hydrogen (secondary N) is 1. The number of hydrogen-bond donors (Lipinski definition) is 2. The summed E-state index contributed by atoms with van der Waals surface area (Å²) in [6.45, 7) is 2.92. The fraction of sp³-hybridized carbons (Fsp3) is 0.615. The van der Waals surface area contributed by atoms with Gasteiger partial charge in [-0.15, -0.1) is 12.4 Å². The van der Waals surface area contributed by atoms with E-state index in [9.17, 15) is 4.79 Å². The largest absolute Gasteiger partial charge is 0.453 e. The Labute approximate surface area is 120 Å². The van der Waals surface area contributed by atoms with Crippen LogP contribution in [0.5, 0.6) is 0 Å². The van der Waals surface area contributed by atoms with Crippen LogP contribution in [-0.4, -0.2) is 25.6 Å². The van der Waals surface area contributed by atoms with E-state index in [4.69, 9.17) is 14.9 Å². The van der Waals surface area contributed by atoms with Crippen LogP contribution in [0.1, 0.15) is 42.5 Å². The van der Waals surface area contributed by atoms with Gasteiger partial charge < -0.3 is 20.2 Å². The van der Waals surface area contributed by atoms with Gasteiger partial charge in [-0.2, -0.15) is 0 Å². The summed E-state index contributed by atoms with van der Waals surface area (Å²) in [6.07, 6.45) is 3.03. The Morgan fingerprint density at radius 1 is 1.53 bits per heavy atom. The summed E-state index contributed by atoms with van der Waals surface area (Å²) >= 11 is 0. The molecule has 0 saturated heterocycles. The lowest BCUT2D eigenvalue weighted by molar-refractivity contribution is 0.0899. The van der Waals surface area contributed by atoms with Crippen LogP contribution in [0.4, 0.5) is 0 Å². The first-order valence-electron chi connectivity index (χ1n) is 6.29. The molecule has 1 aromatic heterocycles. The van der Waals surface area contributed by atoms with Crippen molar-refractivity contribution in [3.8, 4) is 0 Å². The molecule has 110 valence electrons. The number of rotatable bonds is 8. The molecule has 0 aliphatic carbocycles. The number of methoxy groups -OCH3 is 1. The first-order chi connectivity index (χ1) is 8.71. The lowest BCUT2D eigenvalue weighted by Gasteiger charge is -2.15. The second-order valence-corrected chi connectivity index (χ2v) is 4.25. The topological polar surface area (TPSA) is 77.5 Å². The van der Waals surface area contributed by atoms with Crippen molar-refractivity contribution in [2.75, 3.05) is 13.7 Å². The van der Waals surface area contributed by atoms with Crippen LogP contribution in [0.3, 0.4) is 0 Å². The maximum absolute atomic E-state index is 11.9. The van der Waals surface area contributed by atoms with Crippen LogP contribution in [-0.2, 0) is 11.3 Å². The highest BCUT2D eigenvalue weighted by atomic mass is 35.5. The number of unbranched alkanes of at least 4 members (excludes halogenated alkanes) is 1. The standard InChI is InChI=1S/C13H22N2O3.ClH/c1-3-4-5-10(8-14)15-13(16)12-7-6-11(18-12)9-17-2;/h6-7,10H,3-5,8-9,14H2,1-2H3,(H,15,16);1H. The van der Waals surface area contributed by atoms with Crippen molar-refractivity contribution in [3.63, 3.8) is 0 Å². The molecule has 0 bridgehead atoms. The lowest BCUT2D eigenvalue weighted by atomic mass is 10.1. The van der Waals surface area contributed by atoms with Gasteiger partial charge in [0, 0.05) is 19.7 Å². The highest BCUT2D eigenvalue weighted by Crippen LogP contribution is 2.09. The first-order valence-corrected chi connectivity index (χ1v) is 6.29. The van der Waals surface area contributed by atoms with Crippen molar-refractivity contribution in [2.45, 2.75) is 38.8 Å². The normalized spacial score (nSPS) is 11.7. The molecule has 5 nitrogen and oxygen atoms in total. The maximum Gasteiger partial charge on any atom is 0.287 e. The summed E-state index contributed by atoms with van der Waals surface area (Å²) in [4.78, 5) is 11.9. The molecule has 0 radical (unpaired) electrons. The minimum atomic E-state index is -0.219. The molecule has 3 N–H and O–H groups in total. The molecule has 1 unspecified atom stereocenters. The zero-order chi connectivity index (χ0) is 13.4. The van der Waals surface area contributed by atoms with Crippen molar-refractivity contribution in [1.82, 2.24) is 5.32 Å². The van der Waals surface area contributed by atoms with Gasteiger partial charge in [-0.05, 0) is 18.6 Å². The summed E-state index contributed by atoms with van der Waals surface area (Å²) < 4.78 is 10.3. The molecule has 0 fully saturated rings. The number of carbonyl (C=O) groups is 1. The predicted molar refractivity (Wildman–Crippen MR) is 76.5 cm³/mol. The van der Waals surface area contributed by atoms with Crippen LogP contribution in [0.2, 0.25) is 0 Å². The highest BCUT2D eigenvalue weighted by molar-refractivity contribution is 5.91. The number of hydrogen-bond acceptors (Lipinski definition) is 4. The van der Waals surface area contributed by atoms with E-state index >= 15 is 0 Å². The molecule has 1 atom stereocenters. The predicted octanol–water partition coefficient (Wildman–Crippen LogP) is 2.10. The second kappa shape index (κ2) is 9.83. The molecule has 0 aliphatic heterocycles. The van der Waals surface area contributed by atoms with E-state index in [0.29, 0.717) is 24.7 Å². The fourth-order valence-corrected chi connectivity index (χ4v) is 1.68. The highest BCUT2D eigenvalue weighted by Gasteiger charge is 2.15. The fourth-order valence-electron chi connectivity index (χ4n) is 1.68. The van der Waals surface area contributed by atoms with Gasteiger partial charge in [0.05, 0.1) is 0 Å². The smallest absolute Gasteiger partial charge is 0.287 e. The summed E-state index contributed by atoms with van der Waals surface area (Å²) in [7, 11) is 1.58. The SMILES string of the molecule is CCCCC(CN)NC(=O)c1ccc(COC)o1.Cl. The van der Waals surface area contributed by atoms with E-state index in [-0.39, 0.29) is 24.4 Å². The van der Waals surface area contributed by atoms with Crippen molar-refractivity contribution < 1.29 is 13.9 Å². The molecular weight excluding hydrogens is 268 g/mol. The van der Waals surface area contributed by atoms with Gasteiger partial charge in [-0.25, -0.2) is 0 Å². The van der Waals surface area contributed by atoms with Gasteiger partial charge >= 0.3 is 0 Å². The number of furan rings is 1. The van der Waals surface area contributed by atoms with Crippen molar-refractivity contribution in [2.24, 2.45) is 5.73 Å². The van der Waals surface area contributed by atoms with E-state index < -0.39 is 0 Å². The number of carbonyl (C=O) groups excluding carboxylic acids is 1. The van der Waals surface area contributed by atoms with Crippen molar-refractivity contribution >= 4 is 18.3 Å². The van der Waals surface area contributed by atoms with Gasteiger partial charge in [-0.1, -0.05) is 19.8 Å². The van der Waals surface area contributed by atoms with Gasteiger partial charge in [0.25, 0.3) is 5.91 Å². The van der Waals surface area contributed by atoms with E-state index in [0.717, 1.165) is 19.3 Å². The van der Waals surface area contributed by atoms with E-state index in [2.05, 4.69) is 12.2 Å². The Balaban J connectivity index is 0.00000324. The Morgan fingerprint density at radius 2 is 2.26 bits per heavy atom. The third-order valence-corrected chi connectivity index (χ3v) is 2.70. The first kappa shape index (κ1) is 18.0. The second-order valence-electron chi connectivity index (χ2n) is 4.25. The minimum absolute atomic E-state index is 0. The molecule has 1 rings (SSSR count). The third kappa shape index (κ3) is 6.09. The van der Waals surface area contributed by atoms with E-state index in [1.165, 1.54) is 0 Å². The zero-order valence-corrected chi connectivity index (χ0v) is 12.3. The Hall–Kier alpha value is -1.04. The van der Waals surface area contributed by atoms with Crippen LogP contribution in [0.25, 0.3) is 0 Å². The van der Waals surface area contributed by atoms with E-state index in [1.54, 1.807) is 19.2 Å². The number of halogens is 1. The zero-order valence-electron chi connectivity index (χ0n) is 11.5. The van der Waals surface area contributed by atoms with Gasteiger partial charge in [0.2, 0.25) is 0 Å². The molecule has 0 aliphatic rings. The molecule has 0 spiro atoms. The lowest BCUT2D eigenvalue weighted by Crippen LogP contribution is -2.40. The molecule has 0 saturated carbocycles. The van der Waals surface area contributed by atoms with E-state index in [1.807, 2.05) is 0 Å². The van der Waals surface area contributed by atoms with Gasteiger partial charge in [0.15, 0.2) is 5.76 Å². The molecule has 1 amide bonds. The molecule has 1 heterocycles. The van der Waals surface area contributed by atoms with Gasteiger partial charge in [0.1, 0.15) is 12.4 Å². The van der Waals surface area contributed by atoms with Gasteiger partial charge in [-0.3, -0.25) is 4.79 Å². The third-order valence-electron chi connectivity index (χ3n) is 2.70. The minimum Gasteiger partial charge on any atom is -0.453 e. The quantitative estimate of drug-likeness (QED) is 0.768. The number of amides is 1. The Kier molecular flexibility index (Phi) is 9.30. The monoisotopic (exact) mass is 290 g/mol. The molecule has 1 aromatic rings. The van der Waals surface area contributed by atoms with Crippen LogP contribution in [0.15, 0.2) is 16.5 Å². The number of ether oxygens (including phenoxy) is 1. The van der Waals surface area contributed by atoms with Crippen molar-refractivity contribution in [1.29, 1.82) is 0 Å². The number of nitrogens with two attached hydrogens (primary N) is 1. The average molecular weight is 291 g/mol. The summed E-state index contributed by atoms with van der Waals surface area (Å²) in [5.74, 6) is 0.724. The van der Waals surface area contributed by atoms with Crippen LogP contribution < -0.4 is 11.1 Å².